The van der Waals surface area contributed by atoms with Crippen LogP contribution in [0.1, 0.15) is 28.6 Å². The van der Waals surface area contributed by atoms with Gasteiger partial charge in [0, 0.05) is 6.54 Å². The van der Waals surface area contributed by atoms with E-state index in [2.05, 4.69) is 10.6 Å². The molecule has 0 aliphatic rings. The second-order valence-electron chi connectivity index (χ2n) is 4.97. The highest BCUT2D eigenvalue weighted by Crippen LogP contribution is 2.09. The summed E-state index contributed by atoms with van der Waals surface area (Å²) < 4.78 is 18.4. The van der Waals surface area contributed by atoms with Crippen LogP contribution in [0.15, 0.2) is 41.0 Å². The number of amides is 2. The fourth-order valence-corrected chi connectivity index (χ4v) is 1.83. The molecule has 2 N–H and O–H groups in total. The molecule has 0 spiro atoms. The second-order valence-corrected chi connectivity index (χ2v) is 4.97. The average molecular weight is 304 g/mol. The van der Waals surface area contributed by atoms with Gasteiger partial charge in [0.05, 0.1) is 6.26 Å². The molecule has 0 radical (unpaired) electrons. The van der Waals surface area contributed by atoms with Gasteiger partial charge in [-0.3, -0.25) is 9.59 Å². The highest BCUT2D eigenvalue weighted by Gasteiger charge is 2.17. The number of hydrogen-bond acceptors (Lipinski definition) is 3. The van der Waals surface area contributed by atoms with Crippen molar-refractivity contribution in [3.63, 3.8) is 0 Å². The standard InChI is InChI=1S/C16H17FN2O3/c1-10-5-6-12(8-13(10)17)9-18-15(20)11(2)19-16(21)14-4-3-7-22-14/h3-8,11H,9H2,1-2H3,(H,18,20)(H,19,21). The summed E-state index contributed by atoms with van der Waals surface area (Å²) in [4.78, 5) is 23.7. The first-order valence-electron chi connectivity index (χ1n) is 6.84. The first-order chi connectivity index (χ1) is 10.5. The van der Waals surface area contributed by atoms with Gasteiger partial charge in [0.2, 0.25) is 5.91 Å². The summed E-state index contributed by atoms with van der Waals surface area (Å²) in [6.45, 7) is 3.42. The molecule has 0 aliphatic carbocycles. The summed E-state index contributed by atoms with van der Waals surface area (Å²) in [7, 11) is 0. The second kappa shape index (κ2) is 6.89. The van der Waals surface area contributed by atoms with E-state index in [-0.39, 0.29) is 24.0 Å². The highest BCUT2D eigenvalue weighted by atomic mass is 19.1. The van der Waals surface area contributed by atoms with Crippen LogP contribution in [-0.4, -0.2) is 17.9 Å². The Morgan fingerprint density at radius 3 is 2.73 bits per heavy atom. The van der Waals surface area contributed by atoms with Crippen LogP contribution >= 0.6 is 0 Å². The Bertz CT molecular complexity index is 668. The van der Waals surface area contributed by atoms with E-state index in [4.69, 9.17) is 4.42 Å². The van der Waals surface area contributed by atoms with Crippen molar-refractivity contribution in [1.29, 1.82) is 0 Å². The first-order valence-corrected chi connectivity index (χ1v) is 6.84. The summed E-state index contributed by atoms with van der Waals surface area (Å²) >= 11 is 0. The Morgan fingerprint density at radius 1 is 1.32 bits per heavy atom. The Hall–Kier alpha value is -2.63. The largest absolute Gasteiger partial charge is 0.459 e. The molecule has 6 heteroatoms. The van der Waals surface area contributed by atoms with Crippen LogP contribution in [0, 0.1) is 12.7 Å². The number of carbonyl (C=O) groups is 2. The van der Waals surface area contributed by atoms with Crippen LogP contribution in [0.3, 0.4) is 0 Å². The molecule has 1 heterocycles. The molecule has 1 atom stereocenters. The zero-order valence-corrected chi connectivity index (χ0v) is 12.4. The number of aryl methyl sites for hydroxylation is 1. The molecule has 1 aromatic carbocycles. The fraction of sp³-hybridized carbons (Fsp3) is 0.250. The van der Waals surface area contributed by atoms with E-state index in [1.165, 1.54) is 18.4 Å². The van der Waals surface area contributed by atoms with Crippen molar-refractivity contribution in [3.8, 4) is 0 Å². The third-order valence-corrected chi connectivity index (χ3v) is 3.19. The number of furan rings is 1. The van der Waals surface area contributed by atoms with Crippen molar-refractivity contribution in [2.75, 3.05) is 0 Å². The van der Waals surface area contributed by atoms with Crippen LogP contribution in [0.25, 0.3) is 0 Å². The minimum absolute atomic E-state index is 0.139. The Labute approximate surface area is 127 Å². The normalized spacial score (nSPS) is 11.8. The predicted molar refractivity (Wildman–Crippen MR) is 78.6 cm³/mol. The van der Waals surface area contributed by atoms with Crippen molar-refractivity contribution < 1.29 is 18.4 Å². The summed E-state index contributed by atoms with van der Waals surface area (Å²) in [5.74, 6) is -0.999. The molecular weight excluding hydrogens is 287 g/mol. The molecule has 116 valence electrons. The van der Waals surface area contributed by atoms with E-state index in [0.717, 1.165) is 0 Å². The van der Waals surface area contributed by atoms with Crippen LogP contribution < -0.4 is 10.6 Å². The van der Waals surface area contributed by atoms with Gasteiger partial charge in [0.15, 0.2) is 5.76 Å². The van der Waals surface area contributed by atoms with Crippen molar-refractivity contribution in [3.05, 3.63) is 59.3 Å². The van der Waals surface area contributed by atoms with Crippen molar-refractivity contribution in [2.24, 2.45) is 0 Å². The number of halogens is 1. The Morgan fingerprint density at radius 2 is 2.09 bits per heavy atom. The quantitative estimate of drug-likeness (QED) is 0.889. The molecule has 2 amide bonds. The molecule has 1 aromatic heterocycles. The first kappa shape index (κ1) is 15.8. The van der Waals surface area contributed by atoms with Gasteiger partial charge < -0.3 is 15.1 Å². The molecular formula is C16H17FN2O3. The SMILES string of the molecule is Cc1ccc(CNC(=O)C(C)NC(=O)c2ccco2)cc1F. The van der Waals surface area contributed by atoms with Crippen molar-refractivity contribution >= 4 is 11.8 Å². The lowest BCUT2D eigenvalue weighted by Crippen LogP contribution is -2.44. The third-order valence-electron chi connectivity index (χ3n) is 3.19. The minimum Gasteiger partial charge on any atom is -0.459 e. The summed E-state index contributed by atoms with van der Waals surface area (Å²) in [6.07, 6.45) is 1.38. The van der Waals surface area contributed by atoms with Gasteiger partial charge in [0.1, 0.15) is 11.9 Å². The van der Waals surface area contributed by atoms with Gasteiger partial charge in [0.25, 0.3) is 5.91 Å². The molecule has 0 saturated heterocycles. The maximum Gasteiger partial charge on any atom is 0.287 e. The van der Waals surface area contributed by atoms with Crippen molar-refractivity contribution in [2.45, 2.75) is 26.4 Å². The van der Waals surface area contributed by atoms with Gasteiger partial charge in [-0.1, -0.05) is 12.1 Å². The molecule has 2 rings (SSSR count). The molecule has 0 saturated carbocycles. The molecule has 0 aliphatic heterocycles. The lowest BCUT2D eigenvalue weighted by atomic mass is 10.1. The number of nitrogens with one attached hydrogen (secondary N) is 2. The maximum atomic E-state index is 13.4. The van der Waals surface area contributed by atoms with E-state index >= 15 is 0 Å². The number of hydrogen-bond donors (Lipinski definition) is 2. The highest BCUT2D eigenvalue weighted by molar-refractivity contribution is 5.95. The van der Waals surface area contributed by atoms with Crippen LogP contribution in [-0.2, 0) is 11.3 Å². The topological polar surface area (TPSA) is 71.3 Å². The molecule has 22 heavy (non-hydrogen) atoms. The Kier molecular flexibility index (Phi) is 4.93. The van der Waals surface area contributed by atoms with Gasteiger partial charge in [-0.2, -0.15) is 0 Å². The third kappa shape index (κ3) is 3.94. The molecule has 1 unspecified atom stereocenters. The van der Waals surface area contributed by atoms with Crippen LogP contribution in [0.5, 0.6) is 0 Å². The maximum absolute atomic E-state index is 13.4. The number of carbonyl (C=O) groups excluding carboxylic acids is 2. The minimum atomic E-state index is -0.729. The van der Waals surface area contributed by atoms with E-state index in [1.54, 1.807) is 32.0 Å². The van der Waals surface area contributed by atoms with Crippen molar-refractivity contribution in [1.82, 2.24) is 10.6 Å². The predicted octanol–water partition coefficient (Wildman–Crippen LogP) is 2.16. The van der Waals surface area contributed by atoms with Crippen LogP contribution in [0.2, 0.25) is 0 Å². The summed E-state index contributed by atoms with van der Waals surface area (Å²) in [5, 5.41) is 5.17. The van der Waals surface area contributed by atoms with E-state index in [9.17, 15) is 14.0 Å². The van der Waals surface area contributed by atoms with E-state index in [0.29, 0.717) is 11.1 Å². The lowest BCUT2D eigenvalue weighted by Gasteiger charge is -2.13. The molecule has 0 bridgehead atoms. The lowest BCUT2D eigenvalue weighted by molar-refractivity contribution is -0.122. The monoisotopic (exact) mass is 304 g/mol. The fourth-order valence-electron chi connectivity index (χ4n) is 1.83. The summed E-state index contributed by atoms with van der Waals surface area (Å²) in [6, 6.07) is 7.14. The van der Waals surface area contributed by atoms with E-state index in [1.807, 2.05) is 0 Å². The van der Waals surface area contributed by atoms with E-state index < -0.39 is 11.9 Å². The number of rotatable bonds is 5. The Balaban J connectivity index is 1.86. The molecule has 2 aromatic rings. The van der Waals surface area contributed by atoms with Gasteiger partial charge in [-0.25, -0.2) is 4.39 Å². The average Bonchev–Trinajstić information content (AvgIpc) is 3.02. The van der Waals surface area contributed by atoms with Gasteiger partial charge in [-0.15, -0.1) is 0 Å². The molecule has 0 fully saturated rings. The number of benzene rings is 1. The molecule has 5 nitrogen and oxygen atoms in total. The smallest absolute Gasteiger partial charge is 0.287 e. The summed E-state index contributed by atoms with van der Waals surface area (Å²) in [5.41, 5.74) is 1.20. The van der Waals surface area contributed by atoms with Crippen LogP contribution in [0.4, 0.5) is 4.39 Å². The van der Waals surface area contributed by atoms with Gasteiger partial charge in [-0.05, 0) is 43.2 Å². The zero-order chi connectivity index (χ0) is 16.1. The van der Waals surface area contributed by atoms with Gasteiger partial charge >= 0.3 is 0 Å². The zero-order valence-electron chi connectivity index (χ0n) is 12.4.